The molecule has 0 bridgehead atoms. The van der Waals surface area contributed by atoms with E-state index in [1.54, 1.807) is 17.1 Å². The van der Waals surface area contributed by atoms with Gasteiger partial charge >= 0.3 is 5.63 Å². The average molecular weight is 418 g/mol. The van der Waals surface area contributed by atoms with Crippen LogP contribution in [-0.4, -0.2) is 27.3 Å². The van der Waals surface area contributed by atoms with E-state index in [2.05, 4.69) is 15.4 Å². The van der Waals surface area contributed by atoms with Gasteiger partial charge in [-0.1, -0.05) is 25.1 Å². The number of para-hydroxylation sites is 1. The maximum Gasteiger partial charge on any atom is 0.336 e. The van der Waals surface area contributed by atoms with Crippen LogP contribution < -0.4 is 15.7 Å². The van der Waals surface area contributed by atoms with Gasteiger partial charge in [-0.05, 0) is 48.2 Å². The molecule has 2 aromatic heterocycles. The zero-order valence-electron chi connectivity index (χ0n) is 17.3. The monoisotopic (exact) mass is 418 g/mol. The second-order valence-electron chi connectivity index (χ2n) is 7.11. The van der Waals surface area contributed by atoms with Gasteiger partial charge in [0, 0.05) is 12.6 Å². The second kappa shape index (κ2) is 8.83. The van der Waals surface area contributed by atoms with Crippen molar-refractivity contribution >= 4 is 16.9 Å². The molecule has 0 saturated heterocycles. The largest absolute Gasteiger partial charge is 0.483 e. The first-order valence-corrected chi connectivity index (χ1v) is 9.95. The van der Waals surface area contributed by atoms with Crippen LogP contribution in [0.5, 0.6) is 5.75 Å². The Hall–Kier alpha value is -3.94. The Morgan fingerprint density at radius 2 is 2.03 bits per heavy atom. The second-order valence-corrected chi connectivity index (χ2v) is 7.11. The number of hydrogen-bond donors (Lipinski definition) is 1. The summed E-state index contributed by atoms with van der Waals surface area (Å²) in [5.74, 6) is 0.257. The van der Waals surface area contributed by atoms with Gasteiger partial charge < -0.3 is 14.5 Å². The van der Waals surface area contributed by atoms with Crippen molar-refractivity contribution in [1.82, 2.24) is 20.1 Å². The van der Waals surface area contributed by atoms with Gasteiger partial charge in [-0.15, -0.1) is 0 Å². The lowest BCUT2D eigenvalue weighted by molar-refractivity contribution is -0.123. The molecule has 0 aliphatic heterocycles. The molecule has 4 aromatic rings. The molecule has 31 heavy (non-hydrogen) atoms. The van der Waals surface area contributed by atoms with Crippen molar-refractivity contribution < 1.29 is 13.9 Å². The fourth-order valence-corrected chi connectivity index (χ4v) is 3.47. The third-order valence-corrected chi connectivity index (χ3v) is 4.91. The SMILES string of the molecule is CCc1cc(=O)oc2cc(C)cc(OCC(=O)NCc3ccccc3-n3cncn3)c12. The molecule has 4 rings (SSSR count). The molecule has 0 atom stereocenters. The molecule has 0 saturated carbocycles. The fourth-order valence-electron chi connectivity index (χ4n) is 3.47. The van der Waals surface area contributed by atoms with Crippen LogP contribution in [0, 0.1) is 6.92 Å². The predicted octanol–water partition coefficient (Wildman–Crippen LogP) is 2.94. The molecule has 8 heteroatoms. The Balaban J connectivity index is 1.48. The fraction of sp³-hybridized carbons (Fsp3) is 0.217. The molecule has 0 unspecified atom stereocenters. The van der Waals surface area contributed by atoms with Crippen molar-refractivity contribution in [3.63, 3.8) is 0 Å². The van der Waals surface area contributed by atoms with E-state index in [0.29, 0.717) is 24.3 Å². The molecule has 8 nitrogen and oxygen atoms in total. The molecular weight excluding hydrogens is 396 g/mol. The maximum absolute atomic E-state index is 12.5. The van der Waals surface area contributed by atoms with Gasteiger partial charge in [-0.25, -0.2) is 14.5 Å². The highest BCUT2D eigenvalue weighted by Crippen LogP contribution is 2.30. The summed E-state index contributed by atoms with van der Waals surface area (Å²) in [6.07, 6.45) is 3.71. The molecule has 0 aliphatic carbocycles. The van der Waals surface area contributed by atoms with E-state index in [9.17, 15) is 9.59 Å². The Morgan fingerprint density at radius 3 is 2.81 bits per heavy atom. The molecule has 0 spiro atoms. The molecule has 158 valence electrons. The smallest absolute Gasteiger partial charge is 0.336 e. The third-order valence-electron chi connectivity index (χ3n) is 4.91. The van der Waals surface area contributed by atoms with Crippen LogP contribution in [0.1, 0.15) is 23.6 Å². The van der Waals surface area contributed by atoms with E-state index >= 15 is 0 Å². The summed E-state index contributed by atoms with van der Waals surface area (Å²) in [4.78, 5) is 28.2. The highest BCUT2D eigenvalue weighted by atomic mass is 16.5. The van der Waals surface area contributed by atoms with Gasteiger partial charge in [0.25, 0.3) is 5.91 Å². The van der Waals surface area contributed by atoms with E-state index in [4.69, 9.17) is 9.15 Å². The van der Waals surface area contributed by atoms with Crippen molar-refractivity contribution in [1.29, 1.82) is 0 Å². The lowest BCUT2D eigenvalue weighted by Gasteiger charge is -2.13. The number of amides is 1. The number of carbonyl (C=O) groups is 1. The highest BCUT2D eigenvalue weighted by Gasteiger charge is 2.13. The highest BCUT2D eigenvalue weighted by molar-refractivity contribution is 5.88. The molecule has 0 fully saturated rings. The predicted molar refractivity (Wildman–Crippen MR) is 115 cm³/mol. The van der Waals surface area contributed by atoms with Gasteiger partial charge in [-0.3, -0.25) is 4.79 Å². The lowest BCUT2D eigenvalue weighted by atomic mass is 10.1. The average Bonchev–Trinajstić information content (AvgIpc) is 3.30. The molecule has 1 amide bonds. The number of carbonyl (C=O) groups excluding carboxylic acids is 1. The lowest BCUT2D eigenvalue weighted by Crippen LogP contribution is -2.29. The first kappa shape index (κ1) is 20.3. The van der Waals surface area contributed by atoms with E-state index in [0.717, 1.165) is 27.8 Å². The summed E-state index contributed by atoms with van der Waals surface area (Å²) < 4.78 is 12.8. The summed E-state index contributed by atoms with van der Waals surface area (Å²) in [6, 6.07) is 12.7. The number of fused-ring (bicyclic) bond motifs is 1. The normalized spacial score (nSPS) is 10.9. The quantitative estimate of drug-likeness (QED) is 0.463. The minimum absolute atomic E-state index is 0.160. The number of rotatable bonds is 7. The first-order valence-electron chi connectivity index (χ1n) is 9.95. The van der Waals surface area contributed by atoms with Gasteiger partial charge in [0.2, 0.25) is 0 Å². The van der Waals surface area contributed by atoms with Gasteiger partial charge in [0.1, 0.15) is 24.0 Å². The molecule has 1 N–H and O–H groups in total. The third kappa shape index (κ3) is 4.48. The molecule has 0 radical (unpaired) electrons. The van der Waals surface area contributed by atoms with Crippen LogP contribution in [0.2, 0.25) is 0 Å². The number of ether oxygens (including phenoxy) is 1. The Morgan fingerprint density at radius 1 is 1.19 bits per heavy atom. The summed E-state index contributed by atoms with van der Waals surface area (Å²) in [5.41, 5.74) is 3.50. The van der Waals surface area contributed by atoms with Crippen LogP contribution in [0.15, 0.2) is 64.3 Å². The summed E-state index contributed by atoms with van der Waals surface area (Å²) in [5, 5.41) is 7.74. The van der Waals surface area contributed by atoms with Gasteiger partial charge in [0.05, 0.1) is 11.1 Å². The van der Waals surface area contributed by atoms with E-state index < -0.39 is 5.63 Å². The zero-order chi connectivity index (χ0) is 21.8. The topological polar surface area (TPSA) is 99.2 Å². The van der Waals surface area contributed by atoms with Crippen molar-refractivity contribution in [3.05, 3.63) is 82.2 Å². The molecular formula is C23H22N4O4. The van der Waals surface area contributed by atoms with Crippen molar-refractivity contribution in [2.45, 2.75) is 26.8 Å². The molecule has 2 aromatic carbocycles. The standard InChI is InChI=1S/C23H22N4O4/c1-3-16-10-22(29)31-20-9-15(2)8-19(23(16)20)30-12-21(28)25-11-17-6-4-5-7-18(17)27-14-24-13-26-27/h4-10,13-14H,3,11-12H2,1-2H3,(H,25,28). The minimum Gasteiger partial charge on any atom is -0.483 e. The first-order chi connectivity index (χ1) is 15.0. The summed E-state index contributed by atoms with van der Waals surface area (Å²) in [6.45, 7) is 4.00. The number of benzene rings is 2. The van der Waals surface area contributed by atoms with Crippen molar-refractivity contribution in [3.8, 4) is 11.4 Å². The number of nitrogens with one attached hydrogen (secondary N) is 1. The van der Waals surface area contributed by atoms with Gasteiger partial charge in [-0.2, -0.15) is 5.10 Å². The van der Waals surface area contributed by atoms with Crippen LogP contribution in [-0.2, 0) is 17.8 Å². The van der Waals surface area contributed by atoms with E-state index in [1.807, 2.05) is 44.2 Å². The Kier molecular flexibility index (Phi) is 5.79. The summed E-state index contributed by atoms with van der Waals surface area (Å²) in [7, 11) is 0. The molecule has 0 aliphatic rings. The van der Waals surface area contributed by atoms with E-state index in [-0.39, 0.29) is 12.5 Å². The Labute approximate surface area is 178 Å². The number of aryl methyl sites for hydroxylation is 2. The van der Waals surface area contributed by atoms with Gasteiger partial charge in [0.15, 0.2) is 6.61 Å². The number of nitrogens with zero attached hydrogens (tertiary/aromatic N) is 3. The Bertz CT molecular complexity index is 1280. The maximum atomic E-state index is 12.5. The zero-order valence-corrected chi connectivity index (χ0v) is 17.3. The number of hydrogen-bond acceptors (Lipinski definition) is 6. The summed E-state index contributed by atoms with van der Waals surface area (Å²) >= 11 is 0. The minimum atomic E-state index is -0.398. The van der Waals surface area contributed by atoms with Crippen molar-refractivity contribution in [2.75, 3.05) is 6.61 Å². The van der Waals surface area contributed by atoms with Crippen LogP contribution >= 0.6 is 0 Å². The molecule has 2 heterocycles. The van der Waals surface area contributed by atoms with E-state index in [1.165, 1.54) is 12.4 Å². The number of aromatic nitrogens is 3. The van der Waals surface area contributed by atoms with Crippen LogP contribution in [0.3, 0.4) is 0 Å². The van der Waals surface area contributed by atoms with Crippen molar-refractivity contribution in [2.24, 2.45) is 0 Å². The van der Waals surface area contributed by atoms with Crippen LogP contribution in [0.4, 0.5) is 0 Å². The van der Waals surface area contributed by atoms with Crippen LogP contribution in [0.25, 0.3) is 16.7 Å².